The second kappa shape index (κ2) is 10.3. The Morgan fingerprint density at radius 1 is 1.09 bits per heavy atom. The van der Waals surface area contributed by atoms with Crippen LogP contribution in [0.5, 0.6) is 5.75 Å². The number of hydrogen-bond donors (Lipinski definition) is 2. The van der Waals surface area contributed by atoms with Crippen LogP contribution in [0.3, 0.4) is 0 Å². The summed E-state index contributed by atoms with van der Waals surface area (Å²) in [6, 6.07) is 5.94. The first-order valence-corrected chi connectivity index (χ1v) is 10.5. The van der Waals surface area contributed by atoms with Crippen LogP contribution in [0.2, 0.25) is 5.02 Å². The normalized spacial score (nSPS) is 14.8. The van der Waals surface area contributed by atoms with E-state index in [0.717, 1.165) is 12.1 Å². The quantitative estimate of drug-likeness (QED) is 0.653. The van der Waals surface area contributed by atoms with Crippen LogP contribution in [0, 0.1) is 0 Å². The van der Waals surface area contributed by atoms with Crippen molar-refractivity contribution in [1.82, 2.24) is 14.8 Å². The molecule has 1 aromatic heterocycles. The lowest BCUT2D eigenvalue weighted by Crippen LogP contribution is -2.51. The van der Waals surface area contributed by atoms with E-state index in [4.69, 9.17) is 11.6 Å². The predicted molar refractivity (Wildman–Crippen MR) is 118 cm³/mol. The van der Waals surface area contributed by atoms with Crippen molar-refractivity contribution in [3.8, 4) is 5.75 Å². The summed E-state index contributed by atoms with van der Waals surface area (Å²) in [6.07, 6.45) is -3.63. The van der Waals surface area contributed by atoms with Crippen molar-refractivity contribution in [3.63, 3.8) is 0 Å². The molecule has 1 saturated heterocycles. The molecule has 2 heterocycles. The van der Waals surface area contributed by atoms with Gasteiger partial charge < -0.3 is 20.3 Å². The van der Waals surface area contributed by atoms with E-state index in [1.54, 1.807) is 4.90 Å². The van der Waals surface area contributed by atoms with Gasteiger partial charge in [0.2, 0.25) is 0 Å². The first kappa shape index (κ1) is 24.6. The van der Waals surface area contributed by atoms with Crippen molar-refractivity contribution in [2.24, 2.45) is 0 Å². The Balaban J connectivity index is 1.80. The van der Waals surface area contributed by atoms with E-state index in [2.05, 4.69) is 39.1 Å². The minimum Gasteiger partial charge on any atom is -0.406 e. The Bertz CT molecular complexity index is 994. The standard InChI is InChI=1S/C21H23ClF3N5O3/c1-13(2)29-7-9-30(10-8-29)20(32)27-17-5-4-15(33-21(23,24)25)11-16(17)19(31)28-18-6-3-14(22)12-26-18/h3-6,11-13H,7-10H2,1-2H3,(H,27,32)(H,26,28,31). The molecule has 3 rings (SSSR count). The third-order valence-electron chi connectivity index (χ3n) is 5.01. The summed E-state index contributed by atoms with van der Waals surface area (Å²) < 4.78 is 42.0. The molecule has 0 spiro atoms. The van der Waals surface area contributed by atoms with Crippen molar-refractivity contribution in [2.45, 2.75) is 26.3 Å². The molecule has 2 N–H and O–H groups in total. The SMILES string of the molecule is CC(C)N1CCN(C(=O)Nc2ccc(OC(F)(F)F)cc2C(=O)Nc2ccc(Cl)cn2)CC1. The van der Waals surface area contributed by atoms with Gasteiger partial charge in [0.05, 0.1) is 16.3 Å². The number of rotatable bonds is 5. The number of ether oxygens (including phenoxy) is 1. The van der Waals surface area contributed by atoms with Gasteiger partial charge in [-0.3, -0.25) is 9.69 Å². The number of halogens is 4. The fourth-order valence-electron chi connectivity index (χ4n) is 3.29. The molecule has 0 unspecified atom stereocenters. The third-order valence-corrected chi connectivity index (χ3v) is 5.24. The van der Waals surface area contributed by atoms with Gasteiger partial charge in [0.15, 0.2) is 0 Å². The maximum atomic E-state index is 12.8. The van der Waals surface area contributed by atoms with Crippen LogP contribution in [-0.2, 0) is 0 Å². The number of piperazine rings is 1. The molecule has 1 aliphatic heterocycles. The van der Waals surface area contributed by atoms with Gasteiger partial charge in [0, 0.05) is 38.4 Å². The van der Waals surface area contributed by atoms with Crippen LogP contribution in [0.25, 0.3) is 0 Å². The molecule has 8 nitrogen and oxygen atoms in total. The smallest absolute Gasteiger partial charge is 0.406 e. The summed E-state index contributed by atoms with van der Waals surface area (Å²) in [5.74, 6) is -1.24. The van der Waals surface area contributed by atoms with Gasteiger partial charge >= 0.3 is 12.4 Å². The number of hydrogen-bond acceptors (Lipinski definition) is 5. The fraction of sp³-hybridized carbons (Fsp3) is 0.381. The third kappa shape index (κ3) is 6.96. The zero-order chi connectivity index (χ0) is 24.2. The minimum absolute atomic E-state index is 0.0345. The van der Waals surface area contributed by atoms with Crippen LogP contribution in [0.1, 0.15) is 24.2 Å². The Morgan fingerprint density at radius 3 is 2.36 bits per heavy atom. The lowest BCUT2D eigenvalue weighted by atomic mass is 10.1. The molecule has 0 aliphatic carbocycles. The van der Waals surface area contributed by atoms with Crippen molar-refractivity contribution >= 4 is 35.0 Å². The Hall–Kier alpha value is -3.05. The molecular formula is C21H23ClF3N5O3. The molecular weight excluding hydrogens is 463 g/mol. The molecule has 0 saturated carbocycles. The maximum absolute atomic E-state index is 12.8. The topological polar surface area (TPSA) is 86.8 Å². The van der Waals surface area contributed by atoms with E-state index >= 15 is 0 Å². The van der Waals surface area contributed by atoms with Gasteiger partial charge in [-0.15, -0.1) is 13.2 Å². The number of carbonyl (C=O) groups is 2. The molecule has 0 bridgehead atoms. The molecule has 12 heteroatoms. The lowest BCUT2D eigenvalue weighted by molar-refractivity contribution is -0.274. The summed E-state index contributed by atoms with van der Waals surface area (Å²) in [4.78, 5) is 33.3. The molecule has 0 atom stereocenters. The van der Waals surface area contributed by atoms with Gasteiger partial charge in [-0.1, -0.05) is 11.6 Å². The maximum Gasteiger partial charge on any atom is 0.573 e. The highest BCUT2D eigenvalue weighted by molar-refractivity contribution is 6.30. The van der Waals surface area contributed by atoms with E-state index in [-0.39, 0.29) is 17.1 Å². The Morgan fingerprint density at radius 2 is 1.79 bits per heavy atom. The molecule has 1 aliphatic rings. The second-order valence-electron chi connectivity index (χ2n) is 7.62. The van der Waals surface area contributed by atoms with Crippen LogP contribution in [-0.4, -0.2) is 65.3 Å². The molecule has 1 aromatic carbocycles. The van der Waals surface area contributed by atoms with E-state index in [1.807, 2.05) is 0 Å². The number of anilines is 2. The lowest BCUT2D eigenvalue weighted by Gasteiger charge is -2.36. The average molecular weight is 486 g/mol. The van der Waals surface area contributed by atoms with Crippen molar-refractivity contribution in [2.75, 3.05) is 36.8 Å². The van der Waals surface area contributed by atoms with Crippen LogP contribution in [0.4, 0.5) is 29.5 Å². The van der Waals surface area contributed by atoms with E-state index in [9.17, 15) is 22.8 Å². The highest BCUT2D eigenvalue weighted by atomic mass is 35.5. The van der Waals surface area contributed by atoms with Crippen molar-refractivity contribution < 1.29 is 27.5 Å². The van der Waals surface area contributed by atoms with Crippen LogP contribution < -0.4 is 15.4 Å². The number of carbonyl (C=O) groups excluding carboxylic acids is 2. The number of nitrogens with one attached hydrogen (secondary N) is 2. The highest BCUT2D eigenvalue weighted by Gasteiger charge is 2.32. The Kier molecular flexibility index (Phi) is 7.65. The van der Waals surface area contributed by atoms with Crippen molar-refractivity contribution in [1.29, 1.82) is 0 Å². The summed E-state index contributed by atoms with van der Waals surface area (Å²) in [5, 5.41) is 5.44. The van der Waals surface area contributed by atoms with Crippen LogP contribution >= 0.6 is 11.6 Å². The number of aromatic nitrogens is 1. The minimum atomic E-state index is -4.94. The molecule has 33 heavy (non-hydrogen) atoms. The summed E-state index contributed by atoms with van der Waals surface area (Å²) >= 11 is 5.78. The van der Waals surface area contributed by atoms with Gasteiger partial charge in [0.1, 0.15) is 11.6 Å². The molecule has 178 valence electrons. The predicted octanol–water partition coefficient (Wildman–Crippen LogP) is 4.44. The molecule has 2 aromatic rings. The largest absolute Gasteiger partial charge is 0.573 e. The zero-order valence-electron chi connectivity index (χ0n) is 17.9. The highest BCUT2D eigenvalue weighted by Crippen LogP contribution is 2.28. The average Bonchev–Trinajstić information content (AvgIpc) is 2.75. The van der Waals surface area contributed by atoms with Crippen molar-refractivity contribution in [3.05, 3.63) is 47.1 Å². The number of alkyl halides is 3. The number of urea groups is 1. The summed E-state index contributed by atoms with van der Waals surface area (Å²) in [6.45, 7) is 6.49. The molecule has 1 fully saturated rings. The second-order valence-corrected chi connectivity index (χ2v) is 8.05. The first-order valence-electron chi connectivity index (χ1n) is 10.1. The van der Waals surface area contributed by atoms with Crippen LogP contribution in [0.15, 0.2) is 36.5 Å². The molecule has 0 radical (unpaired) electrons. The molecule has 3 amide bonds. The van der Waals surface area contributed by atoms with Gasteiger partial charge in [0.25, 0.3) is 5.91 Å². The van der Waals surface area contributed by atoms with Gasteiger partial charge in [-0.25, -0.2) is 9.78 Å². The monoisotopic (exact) mass is 485 g/mol. The van der Waals surface area contributed by atoms with E-state index in [1.165, 1.54) is 24.4 Å². The fourth-order valence-corrected chi connectivity index (χ4v) is 3.40. The summed E-state index contributed by atoms with van der Waals surface area (Å²) in [7, 11) is 0. The first-order chi connectivity index (χ1) is 15.5. The van der Waals surface area contributed by atoms with E-state index < -0.39 is 24.1 Å². The number of benzene rings is 1. The summed E-state index contributed by atoms with van der Waals surface area (Å²) in [5.41, 5.74) is -0.185. The number of pyridine rings is 1. The van der Waals surface area contributed by atoms with Gasteiger partial charge in [-0.2, -0.15) is 0 Å². The number of nitrogens with zero attached hydrogens (tertiary/aromatic N) is 3. The zero-order valence-corrected chi connectivity index (χ0v) is 18.7. The Labute approximate surface area is 193 Å². The van der Waals surface area contributed by atoms with Gasteiger partial charge in [-0.05, 0) is 44.2 Å². The van der Waals surface area contributed by atoms with E-state index in [0.29, 0.717) is 37.2 Å². The number of amides is 3.